The number of amides is 3. The van der Waals surface area contributed by atoms with Crippen LogP contribution in [0, 0.1) is 11.8 Å². The predicted molar refractivity (Wildman–Crippen MR) is 96.2 cm³/mol. The van der Waals surface area contributed by atoms with Gasteiger partial charge in [0.25, 0.3) is 0 Å². The minimum Gasteiger partial charge on any atom is -0.353 e. The van der Waals surface area contributed by atoms with Crippen molar-refractivity contribution in [3.05, 3.63) is 0 Å². The van der Waals surface area contributed by atoms with E-state index in [-0.39, 0.29) is 24.3 Å². The highest BCUT2D eigenvalue weighted by atomic mass is 16.2. The Labute approximate surface area is 155 Å². The third kappa shape index (κ3) is 3.87. The summed E-state index contributed by atoms with van der Waals surface area (Å²) in [6, 6.07) is 0.485. The van der Waals surface area contributed by atoms with E-state index in [4.69, 9.17) is 0 Å². The molecular weight excluding hydrogens is 332 g/mol. The Morgan fingerprint density at radius 3 is 2.27 bits per heavy atom. The van der Waals surface area contributed by atoms with Crippen LogP contribution in [-0.4, -0.2) is 84.3 Å². The van der Waals surface area contributed by atoms with Gasteiger partial charge >= 0.3 is 0 Å². The molecular formula is C19H30N4O3. The lowest BCUT2D eigenvalue weighted by molar-refractivity contribution is -0.143. The average Bonchev–Trinajstić information content (AvgIpc) is 3.52. The highest BCUT2D eigenvalue weighted by Gasteiger charge is 2.37. The molecule has 0 unspecified atom stereocenters. The highest BCUT2D eigenvalue weighted by molar-refractivity contribution is 5.87. The summed E-state index contributed by atoms with van der Waals surface area (Å²) in [6.07, 6.45) is 6.15. The second-order valence-electron chi connectivity index (χ2n) is 8.27. The summed E-state index contributed by atoms with van der Waals surface area (Å²) in [5.74, 6) is 0.778. The summed E-state index contributed by atoms with van der Waals surface area (Å²) >= 11 is 0. The molecule has 0 bridgehead atoms. The van der Waals surface area contributed by atoms with Gasteiger partial charge < -0.3 is 15.1 Å². The van der Waals surface area contributed by atoms with Gasteiger partial charge in [-0.1, -0.05) is 0 Å². The Morgan fingerprint density at radius 1 is 0.846 bits per heavy atom. The van der Waals surface area contributed by atoms with Crippen molar-refractivity contribution in [1.29, 1.82) is 0 Å². The Bertz CT molecular complexity index is 569. The summed E-state index contributed by atoms with van der Waals surface area (Å²) in [5, 5.41) is 2.78. The van der Waals surface area contributed by atoms with E-state index < -0.39 is 0 Å². The SMILES string of the molecule is O=C1CN(C(=O)[C@H]2CCCN(C3CCN(C(=O)C4CC4)CC3)C2)CCN1. The van der Waals surface area contributed by atoms with Gasteiger partial charge in [0.2, 0.25) is 17.7 Å². The fourth-order valence-electron chi connectivity index (χ4n) is 4.66. The van der Waals surface area contributed by atoms with E-state index in [2.05, 4.69) is 10.2 Å². The van der Waals surface area contributed by atoms with Crippen LogP contribution in [0.5, 0.6) is 0 Å². The maximum Gasteiger partial charge on any atom is 0.239 e. The quantitative estimate of drug-likeness (QED) is 0.770. The number of piperazine rings is 1. The van der Waals surface area contributed by atoms with Gasteiger partial charge in [0.05, 0.1) is 12.5 Å². The van der Waals surface area contributed by atoms with E-state index in [0.29, 0.717) is 31.0 Å². The molecule has 4 rings (SSSR count). The van der Waals surface area contributed by atoms with Crippen molar-refractivity contribution in [2.45, 2.75) is 44.6 Å². The molecule has 0 radical (unpaired) electrons. The smallest absolute Gasteiger partial charge is 0.239 e. The molecule has 1 aliphatic carbocycles. The Morgan fingerprint density at radius 2 is 1.58 bits per heavy atom. The number of likely N-dealkylation sites (tertiary alicyclic amines) is 2. The molecule has 0 aromatic carbocycles. The zero-order valence-electron chi connectivity index (χ0n) is 15.5. The summed E-state index contributed by atoms with van der Waals surface area (Å²) < 4.78 is 0. The molecule has 4 aliphatic rings. The van der Waals surface area contributed by atoms with Gasteiger partial charge in [0, 0.05) is 44.7 Å². The predicted octanol–water partition coefficient (Wildman–Crippen LogP) is 0.0578. The largest absolute Gasteiger partial charge is 0.353 e. The first-order valence-corrected chi connectivity index (χ1v) is 10.2. The van der Waals surface area contributed by atoms with Crippen LogP contribution in [0.1, 0.15) is 38.5 Å². The fourth-order valence-corrected chi connectivity index (χ4v) is 4.66. The Kier molecular flexibility index (Phi) is 5.16. The maximum absolute atomic E-state index is 12.8. The molecule has 0 aromatic rings. The van der Waals surface area contributed by atoms with Gasteiger partial charge in [-0.2, -0.15) is 0 Å². The molecule has 7 heteroatoms. The molecule has 0 aromatic heterocycles. The molecule has 3 aliphatic heterocycles. The van der Waals surface area contributed by atoms with Crippen LogP contribution < -0.4 is 5.32 Å². The Hall–Kier alpha value is -1.63. The summed E-state index contributed by atoms with van der Waals surface area (Å²) in [7, 11) is 0. The maximum atomic E-state index is 12.8. The van der Waals surface area contributed by atoms with E-state index in [1.807, 2.05) is 4.90 Å². The first kappa shape index (κ1) is 17.8. The number of hydrogen-bond donors (Lipinski definition) is 1. The van der Waals surface area contributed by atoms with Crippen LogP contribution in [0.4, 0.5) is 0 Å². The molecule has 1 N–H and O–H groups in total. The van der Waals surface area contributed by atoms with Crippen molar-refractivity contribution in [2.75, 3.05) is 45.8 Å². The normalized spacial score (nSPS) is 28.8. The molecule has 3 heterocycles. The average molecular weight is 362 g/mol. The standard InChI is InChI=1S/C19H30N4O3/c24-17-13-23(11-7-20-17)19(26)15-2-1-8-22(12-15)16-5-9-21(10-6-16)18(25)14-3-4-14/h14-16H,1-13H2,(H,20,24)/t15-/m0/s1. The van der Waals surface area contributed by atoms with E-state index >= 15 is 0 Å². The Balaban J connectivity index is 1.29. The van der Waals surface area contributed by atoms with Crippen molar-refractivity contribution in [2.24, 2.45) is 11.8 Å². The second-order valence-corrected chi connectivity index (χ2v) is 8.27. The molecule has 4 fully saturated rings. The number of carbonyl (C=O) groups is 3. The number of carbonyl (C=O) groups excluding carboxylic acids is 3. The molecule has 3 saturated heterocycles. The molecule has 26 heavy (non-hydrogen) atoms. The van der Waals surface area contributed by atoms with E-state index in [9.17, 15) is 14.4 Å². The van der Waals surface area contributed by atoms with Crippen molar-refractivity contribution in [1.82, 2.24) is 20.0 Å². The molecule has 0 spiro atoms. The van der Waals surface area contributed by atoms with Crippen molar-refractivity contribution in [3.63, 3.8) is 0 Å². The highest BCUT2D eigenvalue weighted by Crippen LogP contribution is 2.32. The van der Waals surface area contributed by atoms with Gasteiger partial charge in [-0.15, -0.1) is 0 Å². The van der Waals surface area contributed by atoms with Crippen LogP contribution in [0.3, 0.4) is 0 Å². The summed E-state index contributed by atoms with van der Waals surface area (Å²) in [4.78, 5) is 42.8. The zero-order valence-corrected chi connectivity index (χ0v) is 15.5. The minimum atomic E-state index is -0.0510. The van der Waals surface area contributed by atoms with Crippen LogP contribution in [-0.2, 0) is 14.4 Å². The lowest BCUT2D eigenvalue weighted by Crippen LogP contribution is -2.55. The molecule has 7 nitrogen and oxygen atoms in total. The first-order chi connectivity index (χ1) is 12.6. The third-order valence-electron chi connectivity index (χ3n) is 6.37. The van der Waals surface area contributed by atoms with Gasteiger partial charge in [0.1, 0.15) is 0 Å². The number of nitrogens with one attached hydrogen (secondary N) is 1. The monoisotopic (exact) mass is 362 g/mol. The van der Waals surface area contributed by atoms with Crippen LogP contribution >= 0.6 is 0 Å². The van der Waals surface area contributed by atoms with Crippen LogP contribution in [0.25, 0.3) is 0 Å². The van der Waals surface area contributed by atoms with Gasteiger partial charge in [0.15, 0.2) is 0 Å². The lowest BCUT2D eigenvalue weighted by atomic mass is 9.92. The molecule has 3 amide bonds. The van der Waals surface area contributed by atoms with Gasteiger partial charge in [-0.05, 0) is 45.1 Å². The number of nitrogens with zero attached hydrogens (tertiary/aromatic N) is 3. The summed E-state index contributed by atoms with van der Waals surface area (Å²) in [6.45, 7) is 4.97. The van der Waals surface area contributed by atoms with Crippen molar-refractivity contribution < 1.29 is 14.4 Å². The molecule has 1 atom stereocenters. The fraction of sp³-hybridized carbons (Fsp3) is 0.842. The van der Waals surface area contributed by atoms with E-state index in [1.165, 1.54) is 0 Å². The van der Waals surface area contributed by atoms with Crippen LogP contribution in [0.15, 0.2) is 0 Å². The first-order valence-electron chi connectivity index (χ1n) is 10.2. The molecule has 1 saturated carbocycles. The summed E-state index contributed by atoms with van der Waals surface area (Å²) in [5.41, 5.74) is 0. The van der Waals surface area contributed by atoms with Crippen molar-refractivity contribution in [3.8, 4) is 0 Å². The minimum absolute atomic E-state index is 0.0146. The van der Waals surface area contributed by atoms with E-state index in [0.717, 1.165) is 64.7 Å². The van der Waals surface area contributed by atoms with E-state index in [1.54, 1.807) is 4.90 Å². The zero-order chi connectivity index (χ0) is 18.1. The van der Waals surface area contributed by atoms with Gasteiger partial charge in [-0.3, -0.25) is 19.3 Å². The van der Waals surface area contributed by atoms with Crippen LogP contribution in [0.2, 0.25) is 0 Å². The molecule has 144 valence electrons. The topological polar surface area (TPSA) is 73.0 Å². The number of hydrogen-bond acceptors (Lipinski definition) is 4. The lowest BCUT2D eigenvalue weighted by Gasteiger charge is -2.43. The van der Waals surface area contributed by atoms with Crippen molar-refractivity contribution >= 4 is 17.7 Å². The number of rotatable bonds is 3. The number of piperidine rings is 2. The second kappa shape index (κ2) is 7.55. The van der Waals surface area contributed by atoms with Gasteiger partial charge in [-0.25, -0.2) is 0 Å². The third-order valence-corrected chi connectivity index (χ3v) is 6.37.